The van der Waals surface area contributed by atoms with Crippen LogP contribution in [0.25, 0.3) is 11.3 Å². The third kappa shape index (κ3) is 5.02. The van der Waals surface area contributed by atoms with Crippen molar-refractivity contribution in [1.82, 2.24) is 15.4 Å². The van der Waals surface area contributed by atoms with E-state index in [9.17, 15) is 14.0 Å². The van der Waals surface area contributed by atoms with E-state index in [4.69, 9.17) is 4.52 Å². The first kappa shape index (κ1) is 21.0. The summed E-state index contributed by atoms with van der Waals surface area (Å²) in [5.74, 6) is -0.0829. The van der Waals surface area contributed by atoms with Gasteiger partial charge in [-0.1, -0.05) is 32.9 Å². The molecule has 2 amide bonds. The smallest absolute Gasteiger partial charge is 0.293 e. The fraction of sp³-hybridized carbons (Fsp3) is 0.500. The van der Waals surface area contributed by atoms with Crippen LogP contribution in [0.4, 0.5) is 4.39 Å². The summed E-state index contributed by atoms with van der Waals surface area (Å²) in [6, 6.07) is 6.74. The predicted octanol–water partition coefficient (Wildman–Crippen LogP) is 3.88. The number of benzene rings is 1. The summed E-state index contributed by atoms with van der Waals surface area (Å²) in [6.07, 6.45) is 1.37. The quantitative estimate of drug-likeness (QED) is 0.797. The maximum absolute atomic E-state index is 13.2. The Labute approximate surface area is 170 Å². The third-order valence-electron chi connectivity index (χ3n) is 5.01. The molecule has 2 heterocycles. The van der Waals surface area contributed by atoms with Crippen LogP contribution in [0.3, 0.4) is 0 Å². The molecule has 1 aromatic carbocycles. The van der Waals surface area contributed by atoms with Crippen LogP contribution in [0.15, 0.2) is 34.9 Å². The maximum atomic E-state index is 13.2. The first-order chi connectivity index (χ1) is 13.7. The number of nitrogens with one attached hydrogen (secondary N) is 1. The molecule has 3 rings (SSSR count). The zero-order chi connectivity index (χ0) is 21.1. The molecule has 156 valence electrons. The van der Waals surface area contributed by atoms with Crippen molar-refractivity contribution in [3.63, 3.8) is 0 Å². The molecule has 0 bridgehead atoms. The van der Waals surface area contributed by atoms with Gasteiger partial charge in [-0.3, -0.25) is 9.59 Å². The van der Waals surface area contributed by atoms with Crippen molar-refractivity contribution in [1.29, 1.82) is 0 Å². The number of nitrogens with zero attached hydrogens (tertiary/aromatic N) is 2. The molecule has 1 saturated heterocycles. The molecule has 0 saturated carbocycles. The first-order valence-corrected chi connectivity index (χ1v) is 10.1. The van der Waals surface area contributed by atoms with E-state index in [1.54, 1.807) is 23.1 Å². The van der Waals surface area contributed by atoms with Gasteiger partial charge in [0, 0.05) is 24.2 Å². The Balaban J connectivity index is 1.85. The number of amides is 2. The second-order valence-corrected chi connectivity index (χ2v) is 8.52. The molecule has 1 aliphatic heterocycles. The summed E-state index contributed by atoms with van der Waals surface area (Å²) in [4.78, 5) is 27.6. The monoisotopic (exact) mass is 401 g/mol. The number of halogens is 1. The SMILES string of the molecule is CC(C)C[C@H]1CN(C(=O)c2cc(-c3ccc(F)cc3)no2)[C@@H](CC(C)C)C(=O)N1. The second-order valence-electron chi connectivity index (χ2n) is 8.52. The molecule has 7 heteroatoms. The topological polar surface area (TPSA) is 75.4 Å². The lowest BCUT2D eigenvalue weighted by Crippen LogP contribution is -2.62. The van der Waals surface area contributed by atoms with Crippen LogP contribution in [0.5, 0.6) is 0 Å². The van der Waals surface area contributed by atoms with E-state index in [0.29, 0.717) is 30.1 Å². The largest absolute Gasteiger partial charge is 0.350 e. The van der Waals surface area contributed by atoms with E-state index in [0.717, 1.165) is 6.42 Å². The standard InChI is InChI=1S/C22H28FN3O3/c1-13(2)9-17-12-26(19(10-14(3)4)21(27)24-17)22(28)20-11-18(25-29-20)15-5-7-16(23)8-6-15/h5-8,11,13-14,17,19H,9-10,12H2,1-4H3,(H,24,27)/t17-,19-/m0/s1. The fourth-order valence-corrected chi connectivity index (χ4v) is 3.73. The average Bonchev–Trinajstić information content (AvgIpc) is 3.13. The Kier molecular flexibility index (Phi) is 6.35. The first-order valence-electron chi connectivity index (χ1n) is 10.1. The fourth-order valence-electron chi connectivity index (χ4n) is 3.73. The molecule has 1 fully saturated rings. The Hall–Kier alpha value is -2.70. The lowest BCUT2D eigenvalue weighted by molar-refractivity contribution is -0.130. The minimum absolute atomic E-state index is 0.0797. The van der Waals surface area contributed by atoms with Gasteiger partial charge in [-0.05, 0) is 48.9 Å². The molecule has 0 aliphatic carbocycles. The Morgan fingerprint density at radius 3 is 2.48 bits per heavy atom. The van der Waals surface area contributed by atoms with Crippen LogP contribution in [0.1, 0.15) is 51.1 Å². The summed E-state index contributed by atoms with van der Waals surface area (Å²) >= 11 is 0. The Morgan fingerprint density at radius 2 is 1.86 bits per heavy atom. The van der Waals surface area contributed by atoms with Gasteiger partial charge in [0.15, 0.2) is 0 Å². The summed E-state index contributed by atoms with van der Waals surface area (Å²) in [5, 5.41) is 7.02. The number of hydrogen-bond donors (Lipinski definition) is 1. The molecular formula is C22H28FN3O3. The van der Waals surface area contributed by atoms with Crippen molar-refractivity contribution < 1.29 is 18.5 Å². The van der Waals surface area contributed by atoms with E-state index < -0.39 is 6.04 Å². The van der Waals surface area contributed by atoms with Gasteiger partial charge in [-0.15, -0.1) is 0 Å². The molecule has 1 aromatic heterocycles. The minimum Gasteiger partial charge on any atom is -0.350 e. The van der Waals surface area contributed by atoms with Crippen LogP contribution in [0.2, 0.25) is 0 Å². The Morgan fingerprint density at radius 1 is 1.21 bits per heavy atom. The minimum atomic E-state index is -0.537. The average molecular weight is 401 g/mol. The van der Waals surface area contributed by atoms with E-state index in [2.05, 4.69) is 24.3 Å². The Bertz CT molecular complexity index is 860. The van der Waals surface area contributed by atoms with E-state index in [1.807, 2.05) is 13.8 Å². The lowest BCUT2D eigenvalue weighted by Gasteiger charge is -2.40. The molecule has 29 heavy (non-hydrogen) atoms. The van der Waals surface area contributed by atoms with E-state index >= 15 is 0 Å². The van der Waals surface area contributed by atoms with Crippen molar-refractivity contribution in [3.05, 3.63) is 41.9 Å². The molecule has 1 aliphatic rings. The number of carbonyl (C=O) groups is 2. The van der Waals surface area contributed by atoms with Crippen molar-refractivity contribution in [2.24, 2.45) is 11.8 Å². The van der Waals surface area contributed by atoms with Crippen molar-refractivity contribution in [3.8, 4) is 11.3 Å². The summed E-state index contributed by atoms with van der Waals surface area (Å²) < 4.78 is 18.4. The number of aromatic nitrogens is 1. The summed E-state index contributed by atoms with van der Waals surface area (Å²) in [5.41, 5.74) is 1.11. The maximum Gasteiger partial charge on any atom is 0.293 e. The number of hydrogen-bond acceptors (Lipinski definition) is 4. The predicted molar refractivity (Wildman–Crippen MR) is 108 cm³/mol. The van der Waals surface area contributed by atoms with Crippen LogP contribution < -0.4 is 5.32 Å². The van der Waals surface area contributed by atoms with Crippen LogP contribution >= 0.6 is 0 Å². The number of carbonyl (C=O) groups excluding carboxylic acids is 2. The van der Waals surface area contributed by atoms with Gasteiger partial charge in [0.2, 0.25) is 11.7 Å². The zero-order valence-corrected chi connectivity index (χ0v) is 17.3. The second kappa shape index (κ2) is 8.76. The van der Waals surface area contributed by atoms with Gasteiger partial charge < -0.3 is 14.7 Å². The van der Waals surface area contributed by atoms with E-state index in [-0.39, 0.29) is 35.4 Å². The highest BCUT2D eigenvalue weighted by Gasteiger charge is 2.39. The summed E-state index contributed by atoms with van der Waals surface area (Å²) in [6.45, 7) is 8.66. The van der Waals surface area contributed by atoms with Gasteiger partial charge >= 0.3 is 0 Å². The molecule has 0 spiro atoms. The molecule has 2 atom stereocenters. The van der Waals surface area contributed by atoms with Gasteiger partial charge in [0.25, 0.3) is 5.91 Å². The van der Waals surface area contributed by atoms with Crippen molar-refractivity contribution >= 4 is 11.8 Å². The molecule has 6 nitrogen and oxygen atoms in total. The molecule has 1 N–H and O–H groups in total. The molecule has 2 aromatic rings. The molecule has 0 radical (unpaired) electrons. The van der Waals surface area contributed by atoms with E-state index in [1.165, 1.54) is 12.1 Å². The highest BCUT2D eigenvalue weighted by atomic mass is 19.1. The highest BCUT2D eigenvalue weighted by Crippen LogP contribution is 2.24. The zero-order valence-electron chi connectivity index (χ0n) is 17.3. The molecular weight excluding hydrogens is 373 g/mol. The number of piperazine rings is 1. The summed E-state index contributed by atoms with van der Waals surface area (Å²) in [7, 11) is 0. The van der Waals surface area contributed by atoms with Gasteiger partial charge in [0.05, 0.1) is 0 Å². The molecule has 0 unspecified atom stereocenters. The van der Waals surface area contributed by atoms with Gasteiger partial charge in [-0.2, -0.15) is 0 Å². The van der Waals surface area contributed by atoms with Gasteiger partial charge in [0.1, 0.15) is 17.6 Å². The lowest BCUT2D eigenvalue weighted by atomic mass is 9.94. The van der Waals surface area contributed by atoms with Crippen LogP contribution in [-0.4, -0.2) is 40.5 Å². The van der Waals surface area contributed by atoms with Crippen LogP contribution in [0, 0.1) is 17.7 Å². The van der Waals surface area contributed by atoms with Crippen molar-refractivity contribution in [2.45, 2.75) is 52.6 Å². The van der Waals surface area contributed by atoms with Crippen LogP contribution in [-0.2, 0) is 4.79 Å². The third-order valence-corrected chi connectivity index (χ3v) is 5.01. The van der Waals surface area contributed by atoms with Gasteiger partial charge in [-0.25, -0.2) is 4.39 Å². The normalized spacial score (nSPS) is 19.7. The number of rotatable bonds is 6. The van der Waals surface area contributed by atoms with Crippen molar-refractivity contribution in [2.75, 3.05) is 6.54 Å². The highest BCUT2D eigenvalue weighted by molar-refractivity contribution is 5.97.